The van der Waals surface area contributed by atoms with Crippen LogP contribution in [0.3, 0.4) is 0 Å². The van der Waals surface area contributed by atoms with Crippen LogP contribution in [0.2, 0.25) is 0 Å². The van der Waals surface area contributed by atoms with Crippen LogP contribution in [0.25, 0.3) is 0 Å². The predicted octanol–water partition coefficient (Wildman–Crippen LogP) is 2.92. The van der Waals surface area contributed by atoms with Gasteiger partial charge in [0, 0.05) is 43.9 Å². The van der Waals surface area contributed by atoms with Crippen LogP contribution >= 0.6 is 0 Å². The van der Waals surface area contributed by atoms with Crippen molar-refractivity contribution in [1.29, 1.82) is 0 Å². The Morgan fingerprint density at radius 3 is 2.23 bits per heavy atom. The number of anilines is 2. The van der Waals surface area contributed by atoms with Crippen LogP contribution < -0.4 is 10.6 Å². The number of carbonyl (C=O) groups excluding carboxylic acids is 3. The molecule has 9 heteroatoms. The van der Waals surface area contributed by atoms with Crippen LogP contribution in [0, 0.1) is 0 Å². The highest BCUT2D eigenvalue weighted by Crippen LogP contribution is 2.24. The minimum atomic E-state index is -0.587. The lowest BCUT2D eigenvalue weighted by molar-refractivity contribution is -0.114. The third kappa shape index (κ3) is 4.97. The van der Waals surface area contributed by atoms with Crippen molar-refractivity contribution in [2.24, 2.45) is 7.05 Å². The van der Waals surface area contributed by atoms with Crippen molar-refractivity contribution < 1.29 is 19.1 Å². The van der Waals surface area contributed by atoms with Gasteiger partial charge in [0.1, 0.15) is 11.3 Å². The average molecular weight is 413 g/mol. The molecule has 0 fully saturated rings. The summed E-state index contributed by atoms with van der Waals surface area (Å²) in [5.74, 6) is -0.479. The molecule has 1 aliphatic rings. The Bertz CT molecular complexity index is 973. The standard InChI is InChI=1S/C21H27N5O4/c1-13(27)22-14-6-8-15(9-7-14)23-19(28)18-16-12-26(20(29)30-21(2,3)4)11-10-17(16)24-25(18)5/h6-9H,10-12H2,1-5H3,(H,22,27)(H,23,28). The van der Waals surface area contributed by atoms with Gasteiger partial charge in [-0.25, -0.2) is 4.79 Å². The largest absolute Gasteiger partial charge is 0.444 e. The number of carbonyl (C=O) groups is 3. The maximum Gasteiger partial charge on any atom is 0.410 e. The molecule has 1 aromatic carbocycles. The zero-order chi connectivity index (χ0) is 22.1. The third-order valence-electron chi connectivity index (χ3n) is 4.53. The zero-order valence-corrected chi connectivity index (χ0v) is 17.9. The van der Waals surface area contributed by atoms with Crippen LogP contribution in [0.4, 0.5) is 16.2 Å². The molecule has 3 amide bonds. The smallest absolute Gasteiger partial charge is 0.410 e. The van der Waals surface area contributed by atoms with Crippen molar-refractivity contribution in [3.8, 4) is 0 Å². The molecule has 2 heterocycles. The summed E-state index contributed by atoms with van der Waals surface area (Å²) in [5.41, 5.74) is 2.58. The van der Waals surface area contributed by atoms with E-state index in [1.54, 1.807) is 40.9 Å². The number of benzene rings is 1. The quantitative estimate of drug-likeness (QED) is 0.805. The number of hydrogen-bond donors (Lipinski definition) is 2. The summed E-state index contributed by atoms with van der Waals surface area (Å²) >= 11 is 0. The first-order chi connectivity index (χ1) is 14.0. The SMILES string of the molecule is CC(=O)Nc1ccc(NC(=O)c2c3c(nn2C)CCN(C(=O)OC(C)(C)C)C3)cc1. The van der Waals surface area contributed by atoms with E-state index in [-0.39, 0.29) is 18.4 Å². The van der Waals surface area contributed by atoms with E-state index in [1.165, 1.54) is 6.92 Å². The van der Waals surface area contributed by atoms with Crippen LogP contribution in [-0.4, -0.2) is 44.7 Å². The van der Waals surface area contributed by atoms with Crippen molar-refractivity contribution in [3.63, 3.8) is 0 Å². The fourth-order valence-corrected chi connectivity index (χ4v) is 3.30. The van der Waals surface area contributed by atoms with Gasteiger partial charge in [-0.2, -0.15) is 5.10 Å². The normalized spacial score (nSPS) is 13.4. The number of rotatable bonds is 3. The van der Waals surface area contributed by atoms with Crippen molar-refractivity contribution >= 4 is 29.3 Å². The molecule has 0 saturated carbocycles. The second-order valence-electron chi connectivity index (χ2n) is 8.26. The van der Waals surface area contributed by atoms with Gasteiger partial charge in [0.15, 0.2) is 0 Å². The molecule has 0 aliphatic carbocycles. The third-order valence-corrected chi connectivity index (χ3v) is 4.53. The van der Waals surface area contributed by atoms with E-state index < -0.39 is 11.7 Å². The van der Waals surface area contributed by atoms with Gasteiger partial charge >= 0.3 is 6.09 Å². The van der Waals surface area contributed by atoms with E-state index >= 15 is 0 Å². The Kier molecular flexibility index (Phi) is 5.82. The number of nitrogens with zero attached hydrogens (tertiary/aromatic N) is 3. The maximum atomic E-state index is 13.0. The Labute approximate surface area is 175 Å². The lowest BCUT2D eigenvalue weighted by atomic mass is 10.1. The lowest BCUT2D eigenvalue weighted by Gasteiger charge is -2.29. The Hall–Kier alpha value is -3.36. The molecular weight excluding hydrogens is 386 g/mol. The molecule has 0 atom stereocenters. The first kappa shape index (κ1) is 21.4. The Morgan fingerprint density at radius 2 is 1.67 bits per heavy atom. The van der Waals surface area contributed by atoms with Crippen LogP contribution in [0.1, 0.15) is 49.4 Å². The van der Waals surface area contributed by atoms with Crippen LogP contribution in [0.15, 0.2) is 24.3 Å². The number of aromatic nitrogens is 2. The summed E-state index contributed by atoms with van der Waals surface area (Å²) < 4.78 is 7.01. The van der Waals surface area contributed by atoms with Gasteiger partial charge in [-0.3, -0.25) is 14.3 Å². The molecule has 1 aliphatic heterocycles. The summed E-state index contributed by atoms with van der Waals surface area (Å²) in [6.45, 7) is 7.65. The number of fused-ring (bicyclic) bond motifs is 1. The number of hydrogen-bond acceptors (Lipinski definition) is 5. The van der Waals surface area contributed by atoms with E-state index in [0.717, 1.165) is 11.3 Å². The average Bonchev–Trinajstić information content (AvgIpc) is 2.96. The molecule has 0 saturated heterocycles. The molecule has 0 unspecified atom stereocenters. The molecule has 30 heavy (non-hydrogen) atoms. The summed E-state index contributed by atoms with van der Waals surface area (Å²) in [6, 6.07) is 6.83. The molecule has 1 aromatic heterocycles. The molecule has 3 rings (SSSR count). The van der Waals surface area contributed by atoms with E-state index in [2.05, 4.69) is 15.7 Å². The van der Waals surface area contributed by atoms with E-state index in [1.807, 2.05) is 20.8 Å². The second-order valence-corrected chi connectivity index (χ2v) is 8.26. The van der Waals surface area contributed by atoms with Crippen molar-refractivity contribution in [2.75, 3.05) is 17.2 Å². The fourth-order valence-electron chi connectivity index (χ4n) is 3.30. The minimum Gasteiger partial charge on any atom is -0.444 e. The lowest BCUT2D eigenvalue weighted by Crippen LogP contribution is -2.40. The van der Waals surface area contributed by atoms with Crippen molar-refractivity contribution in [1.82, 2.24) is 14.7 Å². The highest BCUT2D eigenvalue weighted by atomic mass is 16.6. The molecule has 160 valence electrons. The molecule has 2 aromatic rings. The monoisotopic (exact) mass is 413 g/mol. The van der Waals surface area contributed by atoms with Crippen LogP contribution in [0.5, 0.6) is 0 Å². The van der Waals surface area contributed by atoms with Gasteiger partial charge in [0.25, 0.3) is 5.91 Å². The molecular formula is C21H27N5O4. The van der Waals surface area contributed by atoms with Gasteiger partial charge in [0.05, 0.1) is 12.2 Å². The van der Waals surface area contributed by atoms with Gasteiger partial charge in [-0.05, 0) is 45.0 Å². The molecule has 2 N–H and O–H groups in total. The Balaban J connectivity index is 1.76. The number of amides is 3. The Morgan fingerprint density at radius 1 is 1.07 bits per heavy atom. The zero-order valence-electron chi connectivity index (χ0n) is 17.9. The molecule has 0 radical (unpaired) electrons. The highest BCUT2D eigenvalue weighted by molar-refractivity contribution is 6.04. The topological polar surface area (TPSA) is 106 Å². The molecule has 0 spiro atoms. The molecule has 9 nitrogen and oxygen atoms in total. The first-order valence-electron chi connectivity index (χ1n) is 9.75. The second kappa shape index (κ2) is 8.17. The number of nitrogens with one attached hydrogen (secondary N) is 2. The summed E-state index contributed by atoms with van der Waals surface area (Å²) in [6.07, 6.45) is 0.151. The summed E-state index contributed by atoms with van der Waals surface area (Å²) in [5, 5.41) is 9.99. The van der Waals surface area contributed by atoms with Crippen molar-refractivity contribution in [2.45, 2.75) is 46.3 Å². The predicted molar refractivity (Wildman–Crippen MR) is 112 cm³/mol. The van der Waals surface area contributed by atoms with E-state index in [4.69, 9.17) is 4.74 Å². The summed E-state index contributed by atoms with van der Waals surface area (Å²) in [4.78, 5) is 38.1. The van der Waals surface area contributed by atoms with Crippen molar-refractivity contribution in [3.05, 3.63) is 41.2 Å². The summed E-state index contributed by atoms with van der Waals surface area (Å²) in [7, 11) is 1.71. The van der Waals surface area contributed by atoms with Gasteiger partial charge < -0.3 is 20.3 Å². The van der Waals surface area contributed by atoms with Gasteiger partial charge in [-0.1, -0.05) is 0 Å². The van der Waals surface area contributed by atoms with E-state index in [0.29, 0.717) is 30.0 Å². The fraction of sp³-hybridized carbons (Fsp3) is 0.429. The molecule has 0 bridgehead atoms. The maximum absolute atomic E-state index is 13.0. The minimum absolute atomic E-state index is 0.164. The number of ether oxygens (including phenoxy) is 1. The highest BCUT2D eigenvalue weighted by Gasteiger charge is 2.31. The first-order valence-corrected chi connectivity index (χ1v) is 9.75. The van der Waals surface area contributed by atoms with Gasteiger partial charge in [0.2, 0.25) is 5.91 Å². The number of aryl methyl sites for hydroxylation is 1. The van der Waals surface area contributed by atoms with E-state index in [9.17, 15) is 14.4 Å². The van der Waals surface area contributed by atoms with Crippen LogP contribution in [-0.2, 0) is 29.5 Å². The van der Waals surface area contributed by atoms with Gasteiger partial charge in [-0.15, -0.1) is 0 Å².